The fraction of sp³-hybridized carbons (Fsp3) is 0.474. The molecule has 156 valence electrons. The van der Waals surface area contributed by atoms with E-state index < -0.39 is 21.5 Å². The zero-order valence-electron chi connectivity index (χ0n) is 16.2. The van der Waals surface area contributed by atoms with Gasteiger partial charge in [-0.25, -0.2) is 23.5 Å². The summed E-state index contributed by atoms with van der Waals surface area (Å²) in [5.74, 6) is -0.133. The number of thiazole rings is 1. The van der Waals surface area contributed by atoms with Crippen LogP contribution in [-0.2, 0) is 41.2 Å². The smallest absolute Gasteiger partial charge is 0.354 e. The maximum Gasteiger partial charge on any atom is 0.354 e. The largest absolute Gasteiger partial charge is 0.383 e. The van der Waals surface area contributed by atoms with E-state index in [1.165, 1.54) is 6.20 Å². The van der Waals surface area contributed by atoms with E-state index in [0.717, 1.165) is 35.3 Å². The highest BCUT2D eigenvalue weighted by atomic mass is 32.2. The molecule has 0 fully saturated rings. The van der Waals surface area contributed by atoms with E-state index in [4.69, 9.17) is 5.14 Å². The highest BCUT2D eigenvalue weighted by molar-refractivity contribution is 7.93. The molecule has 0 aliphatic heterocycles. The summed E-state index contributed by atoms with van der Waals surface area (Å²) >= 11 is 0.952. The number of carbonyl (C=O) groups is 1. The van der Waals surface area contributed by atoms with Gasteiger partial charge in [-0.05, 0) is 74.6 Å². The third-order valence-electron chi connectivity index (χ3n) is 5.32. The number of halogens is 1. The molecule has 1 aromatic carbocycles. The standard InChI is InChI=1S/C19H23FN4O3S2/c1-19(2,26)17-22-9-14(28-17)29(21,27)24-18(25)23-16-12-7-3-5-10(12)15(20)11-6-4-8-13(11)16/h9,26H,3-8H2,1-2H3,(H3,21,23,24,25,27)/t29-/m1/s1. The lowest BCUT2D eigenvalue weighted by Crippen LogP contribution is -2.18. The first-order chi connectivity index (χ1) is 13.6. The molecule has 1 atom stereocenters. The van der Waals surface area contributed by atoms with Crippen molar-refractivity contribution < 1.29 is 18.5 Å². The molecule has 0 bridgehead atoms. The number of amides is 2. The first-order valence-corrected chi connectivity index (χ1v) is 11.9. The van der Waals surface area contributed by atoms with Crippen LogP contribution in [0.2, 0.25) is 0 Å². The molecule has 0 radical (unpaired) electrons. The lowest BCUT2D eigenvalue weighted by atomic mass is 9.98. The van der Waals surface area contributed by atoms with Crippen molar-refractivity contribution in [2.45, 2.75) is 62.2 Å². The number of aliphatic hydroxyl groups is 1. The molecule has 2 aliphatic carbocycles. The number of benzene rings is 1. The Bertz CT molecular complexity index is 1090. The van der Waals surface area contributed by atoms with Gasteiger partial charge in [0, 0.05) is 5.69 Å². The number of nitrogens with zero attached hydrogens (tertiary/aromatic N) is 2. The van der Waals surface area contributed by atoms with E-state index in [2.05, 4.69) is 14.7 Å². The molecule has 0 unspecified atom stereocenters. The third kappa shape index (κ3) is 3.70. The van der Waals surface area contributed by atoms with Crippen LogP contribution in [0.25, 0.3) is 0 Å². The van der Waals surface area contributed by atoms with Crippen molar-refractivity contribution in [1.29, 1.82) is 0 Å². The summed E-state index contributed by atoms with van der Waals surface area (Å²) in [5, 5.41) is 18.9. The van der Waals surface area contributed by atoms with Gasteiger partial charge < -0.3 is 10.4 Å². The number of urea groups is 1. The Morgan fingerprint density at radius 3 is 2.31 bits per heavy atom. The van der Waals surface area contributed by atoms with Gasteiger partial charge in [0.25, 0.3) is 0 Å². The molecule has 1 heterocycles. The molecular formula is C19H23FN4O3S2. The van der Waals surface area contributed by atoms with Crippen LogP contribution < -0.4 is 10.5 Å². The number of hydrogen-bond donors (Lipinski definition) is 3. The summed E-state index contributed by atoms with van der Waals surface area (Å²) in [6.45, 7) is 3.10. The molecular weight excluding hydrogens is 415 g/mol. The van der Waals surface area contributed by atoms with Crippen molar-refractivity contribution in [2.75, 3.05) is 5.32 Å². The van der Waals surface area contributed by atoms with Crippen molar-refractivity contribution in [1.82, 2.24) is 4.98 Å². The minimum atomic E-state index is -3.52. The first-order valence-electron chi connectivity index (χ1n) is 9.47. The molecule has 0 saturated carbocycles. The van der Waals surface area contributed by atoms with Crippen molar-refractivity contribution in [2.24, 2.45) is 9.50 Å². The second-order valence-corrected chi connectivity index (χ2v) is 11.0. The monoisotopic (exact) mass is 438 g/mol. The van der Waals surface area contributed by atoms with E-state index in [0.29, 0.717) is 47.5 Å². The SMILES string of the molecule is CC(C)(O)c1ncc([S@](N)(=O)=NC(=O)Nc2c3c(c(F)c4c2CCC4)CCC3)s1. The van der Waals surface area contributed by atoms with Crippen LogP contribution in [0.3, 0.4) is 0 Å². The number of carbonyl (C=O) groups excluding carboxylic acids is 1. The second kappa shape index (κ2) is 7.12. The molecule has 2 amide bonds. The molecule has 7 nitrogen and oxygen atoms in total. The number of anilines is 1. The minimum absolute atomic E-state index is 0.110. The average Bonchev–Trinajstić information content (AvgIpc) is 3.37. The van der Waals surface area contributed by atoms with E-state index in [1.54, 1.807) is 13.8 Å². The fourth-order valence-electron chi connectivity index (χ4n) is 4.01. The van der Waals surface area contributed by atoms with E-state index in [9.17, 15) is 18.5 Å². The van der Waals surface area contributed by atoms with Gasteiger partial charge in [0.15, 0.2) is 9.92 Å². The van der Waals surface area contributed by atoms with Gasteiger partial charge in [-0.1, -0.05) is 0 Å². The maximum absolute atomic E-state index is 14.8. The molecule has 10 heteroatoms. The summed E-state index contributed by atoms with van der Waals surface area (Å²) < 4.78 is 31.4. The van der Waals surface area contributed by atoms with Gasteiger partial charge in [0.05, 0.1) is 6.20 Å². The van der Waals surface area contributed by atoms with Gasteiger partial charge in [-0.2, -0.15) is 0 Å². The van der Waals surface area contributed by atoms with E-state index in [1.807, 2.05) is 0 Å². The van der Waals surface area contributed by atoms with Gasteiger partial charge in [-0.3, -0.25) is 0 Å². The molecule has 0 saturated heterocycles. The highest BCUT2D eigenvalue weighted by Crippen LogP contribution is 2.41. The van der Waals surface area contributed by atoms with Crippen molar-refractivity contribution in [3.63, 3.8) is 0 Å². The summed E-state index contributed by atoms with van der Waals surface area (Å²) in [6.07, 6.45) is 5.64. The van der Waals surface area contributed by atoms with Crippen LogP contribution in [0, 0.1) is 5.82 Å². The molecule has 4 rings (SSSR count). The summed E-state index contributed by atoms with van der Waals surface area (Å²) in [5.41, 5.74) is 2.38. The van der Waals surface area contributed by atoms with Crippen LogP contribution >= 0.6 is 11.3 Å². The number of nitrogens with one attached hydrogen (secondary N) is 1. The van der Waals surface area contributed by atoms with E-state index >= 15 is 0 Å². The molecule has 1 aromatic heterocycles. The normalized spacial score (nSPS) is 17.6. The summed E-state index contributed by atoms with van der Waals surface area (Å²) in [7, 11) is -3.52. The van der Waals surface area contributed by atoms with Crippen LogP contribution in [0.1, 0.15) is 54.0 Å². The van der Waals surface area contributed by atoms with Gasteiger partial charge in [-0.15, -0.1) is 15.7 Å². The van der Waals surface area contributed by atoms with Gasteiger partial charge >= 0.3 is 6.03 Å². The lowest BCUT2D eigenvalue weighted by Gasteiger charge is -2.16. The predicted molar refractivity (Wildman–Crippen MR) is 110 cm³/mol. The number of fused-ring (bicyclic) bond motifs is 2. The zero-order valence-corrected chi connectivity index (χ0v) is 17.9. The summed E-state index contributed by atoms with van der Waals surface area (Å²) in [6, 6.07) is -0.828. The van der Waals surface area contributed by atoms with Crippen molar-refractivity contribution >= 4 is 33.0 Å². The number of rotatable bonds is 3. The summed E-state index contributed by atoms with van der Waals surface area (Å²) in [4.78, 5) is 16.6. The van der Waals surface area contributed by atoms with Crippen LogP contribution in [0.4, 0.5) is 14.9 Å². The number of aromatic nitrogens is 1. The second-order valence-electron chi connectivity index (χ2n) is 7.94. The minimum Gasteiger partial charge on any atom is -0.383 e. The Morgan fingerprint density at radius 1 is 1.24 bits per heavy atom. The molecule has 2 aliphatic rings. The molecule has 29 heavy (non-hydrogen) atoms. The van der Waals surface area contributed by atoms with Gasteiger partial charge in [0.2, 0.25) is 0 Å². The third-order valence-corrected chi connectivity index (χ3v) is 8.51. The molecule has 4 N–H and O–H groups in total. The number of hydrogen-bond acceptors (Lipinski definition) is 5. The average molecular weight is 439 g/mol. The van der Waals surface area contributed by atoms with Crippen LogP contribution in [-0.4, -0.2) is 20.3 Å². The zero-order chi connectivity index (χ0) is 21.0. The lowest BCUT2D eigenvalue weighted by molar-refractivity contribution is 0.0783. The van der Waals surface area contributed by atoms with Crippen molar-refractivity contribution in [3.8, 4) is 0 Å². The maximum atomic E-state index is 14.8. The Morgan fingerprint density at radius 2 is 1.79 bits per heavy atom. The Labute approximate surface area is 172 Å². The molecule has 2 aromatic rings. The Balaban J connectivity index is 1.67. The Hall–Kier alpha value is -1.88. The predicted octanol–water partition coefficient (Wildman–Crippen LogP) is 3.42. The quantitative estimate of drug-likeness (QED) is 0.680. The first kappa shape index (κ1) is 20.4. The van der Waals surface area contributed by atoms with Crippen molar-refractivity contribution in [3.05, 3.63) is 39.3 Å². The van der Waals surface area contributed by atoms with Crippen LogP contribution in [0.15, 0.2) is 14.8 Å². The fourth-order valence-corrected chi connectivity index (χ4v) is 6.08. The molecule has 0 spiro atoms. The highest BCUT2D eigenvalue weighted by Gasteiger charge is 2.30. The van der Waals surface area contributed by atoms with Gasteiger partial charge in [0.1, 0.15) is 20.6 Å². The topological polar surface area (TPSA) is 118 Å². The number of nitrogens with two attached hydrogens (primary N) is 1. The van der Waals surface area contributed by atoms with Crippen LogP contribution in [0.5, 0.6) is 0 Å². The van der Waals surface area contributed by atoms with E-state index in [-0.39, 0.29) is 10.0 Å². The Kier molecular flexibility index (Phi) is 5.01.